The summed E-state index contributed by atoms with van der Waals surface area (Å²) < 4.78 is 38.8. The fraction of sp³-hybridized carbons (Fsp3) is 0.526. The molecule has 0 radical (unpaired) electrons. The van der Waals surface area contributed by atoms with Crippen LogP contribution in [0.25, 0.3) is 11.0 Å². The lowest BCUT2D eigenvalue weighted by atomic mass is 10.1. The van der Waals surface area contributed by atoms with E-state index >= 15 is 0 Å². The van der Waals surface area contributed by atoms with Gasteiger partial charge in [0.2, 0.25) is 15.8 Å². The number of fused-ring (bicyclic) bond motifs is 1. The summed E-state index contributed by atoms with van der Waals surface area (Å²) in [5.41, 5.74) is 1.06. The maximum atomic E-state index is 13.3. The number of carbonyl (C=O) groups excluding carboxylic acids is 1. The molecule has 1 N–H and O–H groups in total. The molecule has 1 aliphatic heterocycles. The van der Waals surface area contributed by atoms with E-state index in [1.54, 1.807) is 36.4 Å². The van der Waals surface area contributed by atoms with Crippen molar-refractivity contribution >= 4 is 39.4 Å². The van der Waals surface area contributed by atoms with E-state index in [4.69, 9.17) is 9.15 Å². The van der Waals surface area contributed by atoms with Crippen LogP contribution in [0.15, 0.2) is 27.5 Å². The Hall–Kier alpha value is -1.61. The van der Waals surface area contributed by atoms with Gasteiger partial charge in [-0.25, -0.2) is 13.2 Å². The number of aryl methyl sites for hydroxylation is 1. The Morgan fingerprint density at radius 3 is 2.71 bits per heavy atom. The summed E-state index contributed by atoms with van der Waals surface area (Å²) in [4.78, 5) is 12.3. The maximum absolute atomic E-state index is 13.3. The number of hydrogen-bond donors (Lipinski definition) is 1. The van der Waals surface area contributed by atoms with E-state index in [2.05, 4.69) is 5.32 Å². The molecule has 1 aliphatic rings. The summed E-state index contributed by atoms with van der Waals surface area (Å²) in [6, 6.07) is 4.71. The van der Waals surface area contributed by atoms with Gasteiger partial charge in [0, 0.05) is 30.1 Å². The second-order valence-electron chi connectivity index (χ2n) is 6.70. The number of hydrogen-bond acceptors (Lipinski definition) is 6. The summed E-state index contributed by atoms with van der Waals surface area (Å²) in [5.74, 6) is -0.424. The lowest BCUT2D eigenvalue weighted by molar-refractivity contribution is 0.0491. The van der Waals surface area contributed by atoms with Gasteiger partial charge >= 0.3 is 5.97 Å². The molecule has 0 amide bonds. The summed E-state index contributed by atoms with van der Waals surface area (Å²) in [6.45, 7) is 7.64. The molecule has 1 atom stereocenters. The normalized spacial score (nSPS) is 17.1. The number of benzene rings is 1. The number of sulfonamides is 1. The Morgan fingerprint density at radius 1 is 1.36 bits per heavy atom. The molecule has 9 heteroatoms. The van der Waals surface area contributed by atoms with Crippen molar-refractivity contribution in [1.29, 1.82) is 0 Å². The van der Waals surface area contributed by atoms with E-state index in [-0.39, 0.29) is 35.7 Å². The van der Waals surface area contributed by atoms with Gasteiger partial charge in [-0.1, -0.05) is 6.92 Å². The van der Waals surface area contributed by atoms with Gasteiger partial charge in [0.05, 0.1) is 11.5 Å². The van der Waals surface area contributed by atoms with E-state index in [0.717, 1.165) is 19.4 Å². The first-order valence-corrected chi connectivity index (χ1v) is 10.8. The van der Waals surface area contributed by atoms with Crippen LogP contribution < -0.4 is 5.32 Å². The summed E-state index contributed by atoms with van der Waals surface area (Å²) in [7, 11) is -3.64. The van der Waals surface area contributed by atoms with Gasteiger partial charge in [0.1, 0.15) is 5.58 Å². The third-order valence-corrected chi connectivity index (χ3v) is 6.81. The summed E-state index contributed by atoms with van der Waals surface area (Å²) in [5, 5.41) is 3.84. The lowest BCUT2D eigenvalue weighted by Gasteiger charge is -2.27. The molecule has 28 heavy (non-hydrogen) atoms. The van der Waals surface area contributed by atoms with Crippen LogP contribution in [-0.4, -0.2) is 51.0 Å². The standard InChI is InChI=1S/C19H26N2O5S.ClH/c1-4-10-21(14-8-9-20-12-14)27(23,24)15-6-7-17-16(11-15)13(3)18(26-17)19(22)25-5-2;/h6-7,11,14,20H,4-5,8-10,12H2,1-3H3;1H. The number of nitrogens with zero attached hydrogens (tertiary/aromatic N) is 1. The molecular weight excluding hydrogens is 404 g/mol. The van der Waals surface area contributed by atoms with Gasteiger partial charge in [-0.3, -0.25) is 0 Å². The van der Waals surface area contributed by atoms with Gasteiger partial charge in [0.25, 0.3) is 0 Å². The fourth-order valence-corrected chi connectivity index (χ4v) is 5.26. The largest absolute Gasteiger partial charge is 0.460 e. The molecule has 1 aromatic carbocycles. The molecule has 1 aromatic heterocycles. The molecule has 1 saturated heterocycles. The lowest BCUT2D eigenvalue weighted by Crippen LogP contribution is -2.41. The van der Waals surface area contributed by atoms with Crippen LogP contribution in [0.3, 0.4) is 0 Å². The van der Waals surface area contributed by atoms with Crippen molar-refractivity contribution in [2.75, 3.05) is 26.2 Å². The number of nitrogens with one attached hydrogen (secondary N) is 1. The number of carbonyl (C=O) groups is 1. The molecule has 2 aromatic rings. The van der Waals surface area contributed by atoms with E-state index in [1.807, 2.05) is 6.92 Å². The van der Waals surface area contributed by atoms with Crippen LogP contribution in [0, 0.1) is 6.92 Å². The first kappa shape index (κ1) is 22.7. The monoisotopic (exact) mass is 430 g/mol. The van der Waals surface area contributed by atoms with Gasteiger partial charge in [-0.05, 0) is 51.4 Å². The average Bonchev–Trinajstić information content (AvgIpc) is 3.28. The highest BCUT2D eigenvalue weighted by molar-refractivity contribution is 7.89. The van der Waals surface area contributed by atoms with Crippen molar-refractivity contribution in [3.8, 4) is 0 Å². The zero-order valence-corrected chi connectivity index (χ0v) is 18.0. The number of ether oxygens (including phenoxy) is 1. The van der Waals surface area contributed by atoms with Crippen LogP contribution >= 0.6 is 12.4 Å². The molecule has 2 heterocycles. The van der Waals surface area contributed by atoms with E-state index in [0.29, 0.717) is 29.6 Å². The Kier molecular flexibility index (Phi) is 7.50. The molecule has 0 spiro atoms. The topological polar surface area (TPSA) is 88.9 Å². The molecule has 0 bridgehead atoms. The van der Waals surface area contributed by atoms with Gasteiger partial charge in [-0.15, -0.1) is 12.4 Å². The molecular formula is C19H27ClN2O5S. The van der Waals surface area contributed by atoms with Crippen molar-refractivity contribution in [2.45, 2.75) is 44.6 Å². The second-order valence-corrected chi connectivity index (χ2v) is 8.59. The van der Waals surface area contributed by atoms with Crippen molar-refractivity contribution in [3.63, 3.8) is 0 Å². The minimum atomic E-state index is -3.64. The second kappa shape index (κ2) is 9.26. The highest BCUT2D eigenvalue weighted by Gasteiger charge is 2.33. The maximum Gasteiger partial charge on any atom is 0.374 e. The summed E-state index contributed by atoms with van der Waals surface area (Å²) in [6.07, 6.45) is 1.55. The minimum Gasteiger partial charge on any atom is -0.460 e. The Bertz CT molecular complexity index is 935. The minimum absolute atomic E-state index is 0. The molecule has 0 aliphatic carbocycles. The quantitative estimate of drug-likeness (QED) is 0.679. The number of esters is 1. The SMILES string of the molecule is CCCN(C1CCNC1)S(=O)(=O)c1ccc2oc(C(=O)OCC)c(C)c2c1.Cl. The smallest absolute Gasteiger partial charge is 0.374 e. The molecule has 1 unspecified atom stereocenters. The molecule has 156 valence electrons. The van der Waals surface area contributed by atoms with Crippen molar-refractivity contribution in [2.24, 2.45) is 0 Å². The summed E-state index contributed by atoms with van der Waals surface area (Å²) >= 11 is 0. The first-order chi connectivity index (χ1) is 12.9. The molecule has 7 nitrogen and oxygen atoms in total. The van der Waals surface area contributed by atoms with E-state index in [1.165, 1.54) is 0 Å². The predicted molar refractivity (Wildman–Crippen MR) is 110 cm³/mol. The van der Waals surface area contributed by atoms with Crippen LogP contribution in [0.5, 0.6) is 0 Å². The van der Waals surface area contributed by atoms with Gasteiger partial charge in [0.15, 0.2) is 0 Å². The van der Waals surface area contributed by atoms with Crippen LogP contribution in [-0.2, 0) is 14.8 Å². The van der Waals surface area contributed by atoms with Gasteiger partial charge in [-0.2, -0.15) is 4.31 Å². The number of rotatable bonds is 7. The molecule has 1 fully saturated rings. The predicted octanol–water partition coefficient (Wildman–Crippen LogP) is 3.10. The van der Waals surface area contributed by atoms with Gasteiger partial charge < -0.3 is 14.5 Å². The molecule has 3 rings (SSSR count). The number of furan rings is 1. The van der Waals surface area contributed by atoms with Crippen molar-refractivity contribution in [1.82, 2.24) is 9.62 Å². The third kappa shape index (κ3) is 4.20. The van der Waals surface area contributed by atoms with Crippen molar-refractivity contribution < 1.29 is 22.4 Å². The van der Waals surface area contributed by atoms with Crippen LogP contribution in [0.1, 0.15) is 42.8 Å². The van der Waals surface area contributed by atoms with Crippen LogP contribution in [0.2, 0.25) is 0 Å². The third-order valence-electron chi connectivity index (χ3n) is 4.86. The molecule has 0 saturated carbocycles. The van der Waals surface area contributed by atoms with Crippen LogP contribution in [0.4, 0.5) is 0 Å². The zero-order valence-electron chi connectivity index (χ0n) is 16.4. The Labute approximate surface area is 171 Å². The zero-order chi connectivity index (χ0) is 19.6. The van der Waals surface area contributed by atoms with E-state index in [9.17, 15) is 13.2 Å². The highest BCUT2D eigenvalue weighted by atomic mass is 35.5. The van der Waals surface area contributed by atoms with Crippen molar-refractivity contribution in [3.05, 3.63) is 29.5 Å². The highest BCUT2D eigenvalue weighted by Crippen LogP contribution is 2.30. The Morgan fingerprint density at radius 2 is 2.11 bits per heavy atom. The first-order valence-electron chi connectivity index (χ1n) is 9.33. The fourth-order valence-electron chi connectivity index (χ4n) is 3.49. The average molecular weight is 431 g/mol. The number of halogens is 1. The Balaban J connectivity index is 0.00000280. The van der Waals surface area contributed by atoms with E-state index < -0.39 is 16.0 Å².